The third kappa shape index (κ3) is 4.79. The van der Waals surface area contributed by atoms with Gasteiger partial charge in [0.05, 0.1) is 7.11 Å². The summed E-state index contributed by atoms with van der Waals surface area (Å²) in [5, 5.41) is 6.14. The average Bonchev–Trinajstić information content (AvgIpc) is 3.20. The van der Waals surface area contributed by atoms with Crippen molar-refractivity contribution in [2.45, 2.75) is 43.9 Å². The normalized spacial score (nSPS) is 19.0. The van der Waals surface area contributed by atoms with Crippen LogP contribution in [0.15, 0.2) is 42.6 Å². The number of imidazole rings is 1. The van der Waals surface area contributed by atoms with Crippen LogP contribution in [-0.2, 0) is 6.18 Å². The lowest BCUT2D eigenvalue weighted by atomic mass is 9.91. The monoisotopic (exact) mass is 450 g/mol. The highest BCUT2D eigenvalue weighted by Gasteiger charge is 2.34. The Morgan fingerprint density at radius 1 is 1.09 bits per heavy atom. The highest BCUT2D eigenvalue weighted by Crippen LogP contribution is 2.30. The molecule has 32 heavy (non-hydrogen) atoms. The fourth-order valence-electron chi connectivity index (χ4n) is 3.90. The van der Waals surface area contributed by atoms with E-state index >= 15 is 0 Å². The number of methoxy groups -OCH3 is 1. The summed E-state index contributed by atoms with van der Waals surface area (Å²) in [5.74, 6) is 0.0438. The summed E-state index contributed by atoms with van der Waals surface area (Å²) < 4.78 is 59.2. The van der Waals surface area contributed by atoms with Crippen LogP contribution in [0.25, 0.3) is 5.65 Å². The predicted molar refractivity (Wildman–Crippen MR) is 110 cm³/mol. The SMILES string of the molecule is COc1ccc(C(=O)N[C@H]2CC[C@@H](Nc3cc(F)cc4nc(C(F)(F)F)cn34)CC2)cc1. The second kappa shape index (κ2) is 8.68. The number of carbonyl (C=O) groups excluding carboxylic acids is 1. The summed E-state index contributed by atoms with van der Waals surface area (Å²) in [4.78, 5) is 15.9. The van der Waals surface area contributed by atoms with Gasteiger partial charge >= 0.3 is 6.18 Å². The highest BCUT2D eigenvalue weighted by atomic mass is 19.4. The molecule has 1 aromatic carbocycles. The van der Waals surface area contributed by atoms with Crippen LogP contribution >= 0.6 is 0 Å². The van der Waals surface area contributed by atoms with E-state index in [1.54, 1.807) is 31.4 Å². The molecule has 4 rings (SSSR count). The van der Waals surface area contributed by atoms with E-state index in [1.165, 1.54) is 4.40 Å². The molecule has 0 saturated heterocycles. The van der Waals surface area contributed by atoms with E-state index in [9.17, 15) is 22.4 Å². The van der Waals surface area contributed by atoms with Crippen molar-refractivity contribution in [3.8, 4) is 5.75 Å². The van der Waals surface area contributed by atoms with E-state index in [-0.39, 0.29) is 29.5 Å². The number of nitrogens with zero attached hydrogens (tertiary/aromatic N) is 2. The molecule has 1 amide bonds. The molecular formula is C22H22F4N4O2. The van der Waals surface area contributed by atoms with Crippen LogP contribution in [0.2, 0.25) is 0 Å². The quantitative estimate of drug-likeness (QED) is 0.555. The van der Waals surface area contributed by atoms with Gasteiger partial charge < -0.3 is 15.4 Å². The molecule has 0 aliphatic heterocycles. The van der Waals surface area contributed by atoms with Gasteiger partial charge in [-0.1, -0.05) is 0 Å². The van der Waals surface area contributed by atoms with Gasteiger partial charge in [-0.15, -0.1) is 0 Å². The van der Waals surface area contributed by atoms with Crippen molar-refractivity contribution >= 4 is 17.4 Å². The second-order valence-electron chi connectivity index (χ2n) is 7.81. The lowest BCUT2D eigenvalue weighted by Gasteiger charge is -2.30. The maximum Gasteiger partial charge on any atom is 0.434 e. The minimum atomic E-state index is -4.61. The van der Waals surface area contributed by atoms with Gasteiger partial charge in [0, 0.05) is 36.0 Å². The minimum absolute atomic E-state index is 0.0137. The average molecular weight is 450 g/mol. The van der Waals surface area contributed by atoms with Crippen LogP contribution in [0.3, 0.4) is 0 Å². The first kappa shape index (κ1) is 21.9. The molecular weight excluding hydrogens is 428 g/mol. The van der Waals surface area contributed by atoms with Crippen LogP contribution in [0.4, 0.5) is 23.4 Å². The van der Waals surface area contributed by atoms with Crippen molar-refractivity contribution < 1.29 is 27.1 Å². The van der Waals surface area contributed by atoms with Gasteiger partial charge in [0.2, 0.25) is 0 Å². The number of carbonyl (C=O) groups is 1. The molecule has 0 spiro atoms. The molecule has 0 unspecified atom stereocenters. The standard InChI is InChI=1S/C22H22F4N4O2/c1-32-17-8-2-13(3-9-17)21(31)28-16-6-4-15(5-7-16)27-19-10-14(23)11-20-29-18(12-30(19)20)22(24,25)26/h2-3,8-12,15-16,27H,4-7H2,1H3,(H,28,31)/t15-,16+. The number of rotatable bonds is 5. The Labute approximate surface area is 181 Å². The number of hydrogen-bond donors (Lipinski definition) is 2. The number of benzene rings is 1. The molecule has 2 heterocycles. The van der Waals surface area contributed by atoms with Crippen molar-refractivity contribution in [3.05, 3.63) is 59.7 Å². The first-order valence-corrected chi connectivity index (χ1v) is 10.2. The first-order chi connectivity index (χ1) is 15.2. The largest absolute Gasteiger partial charge is 0.497 e. The van der Waals surface area contributed by atoms with Gasteiger partial charge in [0.15, 0.2) is 5.69 Å². The smallest absolute Gasteiger partial charge is 0.434 e. The fraction of sp³-hybridized carbons (Fsp3) is 0.364. The van der Waals surface area contributed by atoms with E-state index in [0.29, 0.717) is 37.0 Å². The van der Waals surface area contributed by atoms with Gasteiger partial charge in [-0.25, -0.2) is 9.37 Å². The number of ether oxygens (including phenoxy) is 1. The Hall–Kier alpha value is -3.30. The zero-order valence-electron chi connectivity index (χ0n) is 17.2. The number of halogens is 4. The third-order valence-corrected chi connectivity index (χ3v) is 5.59. The van der Waals surface area contributed by atoms with Crippen LogP contribution in [-0.4, -0.2) is 34.5 Å². The number of anilines is 1. The molecule has 6 nitrogen and oxygen atoms in total. The van der Waals surface area contributed by atoms with Gasteiger partial charge in [-0.2, -0.15) is 13.2 Å². The Bertz CT molecular complexity index is 1100. The molecule has 1 aliphatic carbocycles. The number of hydrogen-bond acceptors (Lipinski definition) is 4. The molecule has 170 valence electrons. The molecule has 1 saturated carbocycles. The van der Waals surface area contributed by atoms with Gasteiger partial charge in [0.25, 0.3) is 5.91 Å². The van der Waals surface area contributed by atoms with E-state index in [2.05, 4.69) is 15.6 Å². The zero-order valence-corrected chi connectivity index (χ0v) is 17.2. The Morgan fingerprint density at radius 2 is 1.75 bits per heavy atom. The summed E-state index contributed by atoms with van der Waals surface area (Å²) in [6.45, 7) is 0. The van der Waals surface area contributed by atoms with Gasteiger partial charge in [-0.3, -0.25) is 9.20 Å². The van der Waals surface area contributed by atoms with Crippen molar-refractivity contribution in [2.75, 3.05) is 12.4 Å². The third-order valence-electron chi connectivity index (χ3n) is 5.59. The van der Waals surface area contributed by atoms with Crippen molar-refractivity contribution in [3.63, 3.8) is 0 Å². The van der Waals surface area contributed by atoms with E-state index in [1.807, 2.05) is 0 Å². The summed E-state index contributed by atoms with van der Waals surface area (Å²) in [7, 11) is 1.55. The number of nitrogens with one attached hydrogen (secondary N) is 2. The molecule has 2 aromatic heterocycles. The van der Waals surface area contributed by atoms with Crippen LogP contribution in [0.5, 0.6) is 5.75 Å². The lowest BCUT2D eigenvalue weighted by Crippen LogP contribution is -2.40. The predicted octanol–water partition coefficient (Wildman–Crippen LogP) is 4.65. The number of aromatic nitrogens is 2. The lowest BCUT2D eigenvalue weighted by molar-refractivity contribution is -0.140. The number of amides is 1. The molecule has 0 radical (unpaired) electrons. The number of alkyl halides is 3. The van der Waals surface area contributed by atoms with Crippen molar-refractivity contribution in [1.29, 1.82) is 0 Å². The second-order valence-corrected chi connectivity index (χ2v) is 7.81. The number of pyridine rings is 1. The summed E-state index contributed by atoms with van der Waals surface area (Å²) in [5.41, 5.74) is -0.648. The van der Waals surface area contributed by atoms with Crippen LogP contribution in [0.1, 0.15) is 41.7 Å². The Balaban J connectivity index is 1.38. The van der Waals surface area contributed by atoms with Gasteiger partial charge in [0.1, 0.15) is 23.0 Å². The highest BCUT2D eigenvalue weighted by molar-refractivity contribution is 5.94. The summed E-state index contributed by atoms with van der Waals surface area (Å²) >= 11 is 0. The Kier molecular flexibility index (Phi) is 5.94. The Morgan fingerprint density at radius 3 is 2.38 bits per heavy atom. The van der Waals surface area contributed by atoms with Crippen LogP contribution < -0.4 is 15.4 Å². The maximum absolute atomic E-state index is 13.9. The zero-order chi connectivity index (χ0) is 22.9. The molecule has 1 fully saturated rings. The number of fused-ring (bicyclic) bond motifs is 1. The molecule has 0 bridgehead atoms. The summed E-state index contributed by atoms with van der Waals surface area (Å²) in [6, 6.07) is 8.86. The fourth-order valence-corrected chi connectivity index (χ4v) is 3.90. The molecule has 1 aliphatic rings. The van der Waals surface area contributed by atoms with E-state index in [4.69, 9.17) is 4.74 Å². The molecule has 0 atom stereocenters. The van der Waals surface area contributed by atoms with Crippen molar-refractivity contribution in [2.24, 2.45) is 0 Å². The van der Waals surface area contributed by atoms with E-state index < -0.39 is 17.7 Å². The topological polar surface area (TPSA) is 67.7 Å². The minimum Gasteiger partial charge on any atom is -0.497 e. The van der Waals surface area contributed by atoms with E-state index in [0.717, 1.165) is 18.3 Å². The summed E-state index contributed by atoms with van der Waals surface area (Å²) in [6.07, 6.45) is -1.03. The van der Waals surface area contributed by atoms with Crippen LogP contribution in [0, 0.1) is 5.82 Å². The van der Waals surface area contributed by atoms with Gasteiger partial charge in [-0.05, 0) is 49.9 Å². The molecule has 2 N–H and O–H groups in total. The van der Waals surface area contributed by atoms with Crippen molar-refractivity contribution in [1.82, 2.24) is 14.7 Å². The molecule has 3 aromatic rings. The first-order valence-electron chi connectivity index (χ1n) is 10.2. The molecule has 10 heteroatoms. The maximum atomic E-state index is 13.9.